The third kappa shape index (κ3) is 2.92. The van der Waals surface area contributed by atoms with Crippen molar-refractivity contribution in [1.82, 2.24) is 0 Å². The van der Waals surface area contributed by atoms with Crippen molar-refractivity contribution in [2.75, 3.05) is 18.0 Å². The number of halogens is 1. The van der Waals surface area contributed by atoms with Gasteiger partial charge in [-0.05, 0) is 37.5 Å². The second kappa shape index (κ2) is 4.84. The Labute approximate surface area is 107 Å². The highest BCUT2D eigenvalue weighted by Crippen LogP contribution is 2.28. The van der Waals surface area contributed by atoms with Crippen molar-refractivity contribution < 1.29 is 10.2 Å². The normalized spacial score (nSPS) is 19.4. The maximum atomic E-state index is 9.89. The van der Waals surface area contributed by atoms with Crippen LogP contribution in [0.1, 0.15) is 25.3 Å². The lowest BCUT2D eigenvalue weighted by Gasteiger charge is -2.37. The highest BCUT2D eigenvalue weighted by molar-refractivity contribution is 6.31. The smallest absolute Gasteiger partial charge is 0.0696 e. The van der Waals surface area contributed by atoms with Gasteiger partial charge in [-0.2, -0.15) is 0 Å². The van der Waals surface area contributed by atoms with Gasteiger partial charge in [-0.15, -0.1) is 0 Å². The molecule has 1 aliphatic rings. The van der Waals surface area contributed by atoms with Crippen LogP contribution >= 0.6 is 11.6 Å². The Kier molecular flexibility index (Phi) is 3.61. The van der Waals surface area contributed by atoms with Gasteiger partial charge in [0, 0.05) is 23.8 Å². The number of anilines is 1. The van der Waals surface area contributed by atoms with Crippen LogP contribution in [0.2, 0.25) is 5.02 Å². The zero-order valence-corrected chi connectivity index (χ0v) is 10.7. The number of hydrogen-bond donors (Lipinski definition) is 2. The van der Waals surface area contributed by atoms with Gasteiger partial charge in [0.2, 0.25) is 0 Å². The fraction of sp³-hybridized carbons (Fsp3) is 0.538. The molecule has 0 spiro atoms. The Morgan fingerprint density at radius 2 is 2.00 bits per heavy atom. The van der Waals surface area contributed by atoms with Gasteiger partial charge < -0.3 is 15.1 Å². The van der Waals surface area contributed by atoms with Crippen molar-refractivity contribution in [3.8, 4) is 0 Å². The summed E-state index contributed by atoms with van der Waals surface area (Å²) in [4.78, 5) is 2.21. The Balaban J connectivity index is 2.11. The van der Waals surface area contributed by atoms with E-state index in [1.165, 1.54) is 0 Å². The summed E-state index contributed by atoms with van der Waals surface area (Å²) < 4.78 is 0. The quantitative estimate of drug-likeness (QED) is 0.851. The fourth-order valence-electron chi connectivity index (χ4n) is 2.11. The molecule has 0 aromatic heterocycles. The molecule has 3 nitrogen and oxygen atoms in total. The number of piperidine rings is 1. The zero-order valence-electron chi connectivity index (χ0n) is 9.99. The summed E-state index contributed by atoms with van der Waals surface area (Å²) in [6, 6.07) is 5.70. The van der Waals surface area contributed by atoms with Crippen LogP contribution in [-0.2, 0) is 6.61 Å². The molecule has 2 N–H and O–H groups in total. The molecule has 2 rings (SSSR count). The Morgan fingerprint density at radius 3 is 2.53 bits per heavy atom. The van der Waals surface area contributed by atoms with Gasteiger partial charge in [-0.25, -0.2) is 0 Å². The molecule has 1 heterocycles. The molecule has 0 amide bonds. The molecule has 1 aliphatic heterocycles. The summed E-state index contributed by atoms with van der Waals surface area (Å²) in [6.07, 6.45) is 1.54. The molecule has 0 aliphatic carbocycles. The highest BCUT2D eigenvalue weighted by Gasteiger charge is 2.27. The predicted octanol–water partition coefficient (Wildman–Crippen LogP) is 2.18. The van der Waals surface area contributed by atoms with E-state index < -0.39 is 5.60 Å². The fourth-order valence-corrected chi connectivity index (χ4v) is 2.34. The topological polar surface area (TPSA) is 43.7 Å². The first kappa shape index (κ1) is 12.7. The van der Waals surface area contributed by atoms with Crippen molar-refractivity contribution in [2.24, 2.45) is 0 Å². The molecule has 17 heavy (non-hydrogen) atoms. The van der Waals surface area contributed by atoms with Crippen LogP contribution in [0.5, 0.6) is 0 Å². The van der Waals surface area contributed by atoms with Crippen molar-refractivity contribution in [3.05, 3.63) is 28.8 Å². The average molecular weight is 256 g/mol. The van der Waals surface area contributed by atoms with E-state index in [0.717, 1.165) is 37.2 Å². The second-order valence-electron chi connectivity index (χ2n) is 4.92. The minimum Gasteiger partial charge on any atom is -0.392 e. The van der Waals surface area contributed by atoms with E-state index in [-0.39, 0.29) is 6.61 Å². The number of aliphatic hydroxyl groups excluding tert-OH is 1. The maximum absolute atomic E-state index is 9.89. The number of hydrogen-bond acceptors (Lipinski definition) is 3. The SMILES string of the molecule is CC1(O)CCN(c2ccc(CO)c(Cl)c2)CC1. The van der Waals surface area contributed by atoms with Crippen LogP contribution < -0.4 is 4.90 Å². The van der Waals surface area contributed by atoms with E-state index in [2.05, 4.69) is 4.90 Å². The van der Waals surface area contributed by atoms with E-state index in [1.54, 1.807) is 0 Å². The van der Waals surface area contributed by atoms with Crippen molar-refractivity contribution in [3.63, 3.8) is 0 Å². The molecule has 1 aromatic carbocycles. The van der Waals surface area contributed by atoms with Crippen LogP contribution in [-0.4, -0.2) is 28.9 Å². The van der Waals surface area contributed by atoms with E-state index in [0.29, 0.717) is 5.02 Å². The van der Waals surface area contributed by atoms with E-state index in [9.17, 15) is 5.11 Å². The molecule has 0 radical (unpaired) electrons. The monoisotopic (exact) mass is 255 g/mol. The van der Waals surface area contributed by atoms with Crippen molar-refractivity contribution >= 4 is 17.3 Å². The summed E-state index contributed by atoms with van der Waals surface area (Å²) >= 11 is 6.07. The van der Waals surface area contributed by atoms with Gasteiger partial charge in [0.15, 0.2) is 0 Å². The van der Waals surface area contributed by atoms with E-state index in [1.807, 2.05) is 25.1 Å². The molecule has 94 valence electrons. The molecular weight excluding hydrogens is 238 g/mol. The lowest BCUT2D eigenvalue weighted by molar-refractivity contribution is 0.0351. The van der Waals surface area contributed by atoms with Crippen LogP contribution in [0.4, 0.5) is 5.69 Å². The van der Waals surface area contributed by atoms with Crippen LogP contribution in [0.15, 0.2) is 18.2 Å². The van der Waals surface area contributed by atoms with E-state index >= 15 is 0 Å². The Hall–Kier alpha value is -0.770. The summed E-state index contributed by atoms with van der Waals surface area (Å²) in [5, 5.41) is 19.5. The number of nitrogens with zero attached hydrogens (tertiary/aromatic N) is 1. The number of rotatable bonds is 2. The minimum atomic E-state index is -0.536. The van der Waals surface area contributed by atoms with Gasteiger partial charge in [-0.1, -0.05) is 17.7 Å². The molecule has 1 saturated heterocycles. The van der Waals surface area contributed by atoms with Crippen LogP contribution in [0.25, 0.3) is 0 Å². The third-order valence-corrected chi connectivity index (χ3v) is 3.76. The highest BCUT2D eigenvalue weighted by atomic mass is 35.5. The van der Waals surface area contributed by atoms with Gasteiger partial charge in [0.1, 0.15) is 0 Å². The van der Waals surface area contributed by atoms with Crippen molar-refractivity contribution in [1.29, 1.82) is 0 Å². The first-order chi connectivity index (χ1) is 8.02. The lowest BCUT2D eigenvalue weighted by Crippen LogP contribution is -2.42. The summed E-state index contributed by atoms with van der Waals surface area (Å²) in [5.41, 5.74) is 1.27. The zero-order chi connectivity index (χ0) is 12.5. The Bertz CT molecular complexity index is 396. The average Bonchev–Trinajstić information content (AvgIpc) is 2.29. The molecule has 0 bridgehead atoms. The third-order valence-electron chi connectivity index (χ3n) is 3.41. The Morgan fingerprint density at radius 1 is 1.35 bits per heavy atom. The molecular formula is C13H18ClNO2. The predicted molar refractivity (Wildman–Crippen MR) is 69.4 cm³/mol. The summed E-state index contributed by atoms with van der Waals surface area (Å²) in [7, 11) is 0. The molecule has 0 unspecified atom stereocenters. The molecule has 0 saturated carbocycles. The second-order valence-corrected chi connectivity index (χ2v) is 5.33. The first-order valence-corrected chi connectivity index (χ1v) is 6.26. The van der Waals surface area contributed by atoms with Gasteiger partial charge >= 0.3 is 0 Å². The number of aliphatic hydroxyl groups is 2. The first-order valence-electron chi connectivity index (χ1n) is 5.88. The van der Waals surface area contributed by atoms with Crippen molar-refractivity contribution in [2.45, 2.75) is 32.0 Å². The summed E-state index contributed by atoms with van der Waals surface area (Å²) in [5.74, 6) is 0. The van der Waals surface area contributed by atoms with Gasteiger partial charge in [0.05, 0.1) is 12.2 Å². The molecule has 1 aromatic rings. The molecule has 1 fully saturated rings. The lowest BCUT2D eigenvalue weighted by atomic mass is 9.93. The molecule has 0 atom stereocenters. The minimum absolute atomic E-state index is 0.0339. The van der Waals surface area contributed by atoms with Crippen LogP contribution in [0.3, 0.4) is 0 Å². The van der Waals surface area contributed by atoms with Crippen LogP contribution in [0, 0.1) is 0 Å². The summed E-state index contributed by atoms with van der Waals surface area (Å²) in [6.45, 7) is 3.52. The van der Waals surface area contributed by atoms with E-state index in [4.69, 9.17) is 16.7 Å². The molecule has 4 heteroatoms. The van der Waals surface area contributed by atoms with Gasteiger partial charge in [0.25, 0.3) is 0 Å². The number of benzene rings is 1. The largest absolute Gasteiger partial charge is 0.392 e. The standard InChI is InChI=1S/C13H18ClNO2/c1-13(17)4-6-15(7-5-13)11-3-2-10(9-16)12(14)8-11/h2-3,8,16-17H,4-7,9H2,1H3. The van der Waals surface area contributed by atoms with Gasteiger partial charge in [-0.3, -0.25) is 0 Å². The maximum Gasteiger partial charge on any atom is 0.0696 e.